The molecule has 0 amide bonds. The molecule has 17 heavy (non-hydrogen) atoms. The topological polar surface area (TPSA) is 38.3 Å². The van der Waals surface area contributed by atoms with Crippen molar-refractivity contribution in [2.24, 2.45) is 0 Å². The van der Waals surface area contributed by atoms with Crippen molar-refractivity contribution in [2.75, 3.05) is 6.54 Å². The number of rotatable bonds is 3. The first kappa shape index (κ1) is 12.7. The normalized spacial score (nSPS) is 19.3. The van der Waals surface area contributed by atoms with Gasteiger partial charge in [-0.3, -0.25) is 4.79 Å². The Bertz CT molecular complexity index is 417. The van der Waals surface area contributed by atoms with Gasteiger partial charge in [-0.05, 0) is 31.5 Å². The van der Waals surface area contributed by atoms with E-state index in [0.29, 0.717) is 10.0 Å². The average molecular weight is 274 g/mol. The molecule has 0 radical (unpaired) electrons. The molecule has 1 saturated heterocycles. The second kappa shape index (κ2) is 5.71. The third-order valence-electron chi connectivity index (χ3n) is 2.73. The lowest BCUT2D eigenvalue weighted by Crippen LogP contribution is -2.32. The molecular weight excluding hydrogens is 261 g/mol. The van der Waals surface area contributed by atoms with Crippen LogP contribution < -0.4 is 5.32 Å². The number of hydrogen-bond acceptors (Lipinski definition) is 3. The van der Waals surface area contributed by atoms with E-state index in [1.54, 1.807) is 18.2 Å². The van der Waals surface area contributed by atoms with Gasteiger partial charge in [0.25, 0.3) is 0 Å². The van der Waals surface area contributed by atoms with E-state index in [4.69, 9.17) is 27.9 Å². The summed E-state index contributed by atoms with van der Waals surface area (Å²) in [6, 6.07) is 4.96. The van der Waals surface area contributed by atoms with E-state index in [-0.39, 0.29) is 18.6 Å². The number of esters is 1. The lowest BCUT2D eigenvalue weighted by atomic mass is 10.2. The molecule has 0 spiro atoms. The second-order valence-corrected chi connectivity index (χ2v) is 4.84. The maximum absolute atomic E-state index is 11.6. The number of benzene rings is 1. The van der Waals surface area contributed by atoms with Crippen LogP contribution in [0.1, 0.15) is 18.4 Å². The van der Waals surface area contributed by atoms with Gasteiger partial charge >= 0.3 is 5.97 Å². The van der Waals surface area contributed by atoms with Crippen molar-refractivity contribution in [3.63, 3.8) is 0 Å². The molecule has 2 rings (SSSR count). The molecule has 0 bridgehead atoms. The molecule has 3 nitrogen and oxygen atoms in total. The number of halogens is 2. The first-order valence-corrected chi connectivity index (χ1v) is 6.26. The molecule has 1 fully saturated rings. The minimum absolute atomic E-state index is 0.166. The summed E-state index contributed by atoms with van der Waals surface area (Å²) in [5.41, 5.74) is 0.766. The Labute approximate surface area is 110 Å². The Morgan fingerprint density at radius 2 is 2.29 bits per heavy atom. The van der Waals surface area contributed by atoms with Crippen molar-refractivity contribution in [1.29, 1.82) is 0 Å². The SMILES string of the molecule is O=C(OCc1ccc(Cl)cc1Cl)[C@@H]1CCCN1. The predicted molar refractivity (Wildman–Crippen MR) is 67.3 cm³/mol. The zero-order valence-electron chi connectivity index (χ0n) is 9.21. The molecule has 92 valence electrons. The second-order valence-electron chi connectivity index (χ2n) is 3.99. The summed E-state index contributed by atoms with van der Waals surface area (Å²) < 4.78 is 5.20. The van der Waals surface area contributed by atoms with Crippen LogP contribution in [0.25, 0.3) is 0 Å². The van der Waals surface area contributed by atoms with E-state index < -0.39 is 0 Å². The van der Waals surface area contributed by atoms with Gasteiger partial charge in [-0.1, -0.05) is 29.3 Å². The Morgan fingerprint density at radius 3 is 2.94 bits per heavy atom. The lowest BCUT2D eigenvalue weighted by Gasteiger charge is -2.11. The zero-order chi connectivity index (χ0) is 12.3. The van der Waals surface area contributed by atoms with Gasteiger partial charge in [0.2, 0.25) is 0 Å². The Balaban J connectivity index is 1.90. The fourth-order valence-corrected chi connectivity index (χ4v) is 2.24. The minimum Gasteiger partial charge on any atom is -0.460 e. The van der Waals surface area contributed by atoms with Crippen LogP contribution in [0.3, 0.4) is 0 Å². The summed E-state index contributed by atoms with van der Waals surface area (Å²) in [5, 5.41) is 4.18. The summed E-state index contributed by atoms with van der Waals surface area (Å²) in [6.07, 6.45) is 1.86. The van der Waals surface area contributed by atoms with Crippen LogP contribution in [0, 0.1) is 0 Å². The van der Waals surface area contributed by atoms with Gasteiger partial charge in [-0.15, -0.1) is 0 Å². The summed E-state index contributed by atoms with van der Waals surface area (Å²) in [5.74, 6) is -0.214. The fraction of sp³-hybridized carbons (Fsp3) is 0.417. The first-order chi connectivity index (χ1) is 8.16. The molecule has 1 aliphatic rings. The van der Waals surface area contributed by atoms with E-state index in [1.807, 2.05) is 0 Å². The van der Waals surface area contributed by atoms with Crippen LogP contribution in [0.15, 0.2) is 18.2 Å². The smallest absolute Gasteiger partial charge is 0.323 e. The number of carbonyl (C=O) groups excluding carboxylic acids is 1. The van der Waals surface area contributed by atoms with Crippen LogP contribution in [0.2, 0.25) is 10.0 Å². The van der Waals surface area contributed by atoms with Crippen molar-refractivity contribution >= 4 is 29.2 Å². The van der Waals surface area contributed by atoms with Gasteiger partial charge < -0.3 is 10.1 Å². The molecular formula is C12H13Cl2NO2. The van der Waals surface area contributed by atoms with E-state index in [1.165, 1.54) is 0 Å². The highest BCUT2D eigenvalue weighted by Gasteiger charge is 2.23. The van der Waals surface area contributed by atoms with Crippen molar-refractivity contribution in [1.82, 2.24) is 5.32 Å². The zero-order valence-corrected chi connectivity index (χ0v) is 10.7. The van der Waals surface area contributed by atoms with Crippen LogP contribution in [-0.2, 0) is 16.1 Å². The molecule has 5 heteroatoms. The first-order valence-electron chi connectivity index (χ1n) is 5.51. The summed E-state index contributed by atoms with van der Waals surface area (Å²) in [6.45, 7) is 1.06. The molecule has 1 atom stereocenters. The largest absolute Gasteiger partial charge is 0.460 e. The van der Waals surface area contributed by atoms with Crippen molar-refractivity contribution in [3.05, 3.63) is 33.8 Å². The highest BCUT2D eigenvalue weighted by Crippen LogP contribution is 2.21. The highest BCUT2D eigenvalue weighted by atomic mass is 35.5. The number of nitrogens with one attached hydrogen (secondary N) is 1. The van der Waals surface area contributed by atoms with Gasteiger partial charge in [-0.25, -0.2) is 0 Å². The maximum atomic E-state index is 11.6. The van der Waals surface area contributed by atoms with Gasteiger partial charge in [-0.2, -0.15) is 0 Å². The lowest BCUT2D eigenvalue weighted by molar-refractivity contribution is -0.147. The van der Waals surface area contributed by atoms with Gasteiger partial charge in [0.1, 0.15) is 12.6 Å². The van der Waals surface area contributed by atoms with Crippen molar-refractivity contribution in [3.8, 4) is 0 Å². The van der Waals surface area contributed by atoms with Gasteiger partial charge in [0.15, 0.2) is 0 Å². The molecule has 1 aromatic rings. The standard InChI is InChI=1S/C12H13Cl2NO2/c13-9-4-3-8(10(14)6-9)7-17-12(16)11-2-1-5-15-11/h3-4,6,11,15H,1-2,5,7H2/t11-/m0/s1. The summed E-state index contributed by atoms with van der Waals surface area (Å²) in [4.78, 5) is 11.6. The molecule has 1 N–H and O–H groups in total. The van der Waals surface area contributed by atoms with Crippen molar-refractivity contribution in [2.45, 2.75) is 25.5 Å². The van der Waals surface area contributed by atoms with Gasteiger partial charge in [0.05, 0.1) is 0 Å². The molecule has 0 aliphatic carbocycles. The highest BCUT2D eigenvalue weighted by molar-refractivity contribution is 6.35. The predicted octanol–water partition coefficient (Wildman–Crippen LogP) is 2.79. The van der Waals surface area contributed by atoms with E-state index >= 15 is 0 Å². The van der Waals surface area contributed by atoms with Crippen LogP contribution in [0.5, 0.6) is 0 Å². The third-order valence-corrected chi connectivity index (χ3v) is 3.32. The Hall–Kier alpha value is -0.770. The van der Waals surface area contributed by atoms with Crippen LogP contribution in [0.4, 0.5) is 0 Å². The summed E-state index contributed by atoms with van der Waals surface area (Å²) >= 11 is 11.8. The van der Waals surface area contributed by atoms with Crippen LogP contribution >= 0.6 is 23.2 Å². The molecule has 1 aliphatic heterocycles. The third kappa shape index (κ3) is 3.35. The number of carbonyl (C=O) groups is 1. The fourth-order valence-electron chi connectivity index (χ4n) is 1.77. The average Bonchev–Trinajstić information content (AvgIpc) is 2.81. The van der Waals surface area contributed by atoms with E-state index in [2.05, 4.69) is 5.32 Å². The molecule has 0 aromatic heterocycles. The molecule has 0 saturated carbocycles. The molecule has 1 heterocycles. The maximum Gasteiger partial charge on any atom is 0.323 e. The number of hydrogen-bond donors (Lipinski definition) is 1. The van der Waals surface area contributed by atoms with Crippen LogP contribution in [-0.4, -0.2) is 18.6 Å². The number of ether oxygens (including phenoxy) is 1. The van der Waals surface area contributed by atoms with E-state index in [9.17, 15) is 4.79 Å². The quantitative estimate of drug-likeness (QED) is 0.861. The minimum atomic E-state index is -0.214. The Morgan fingerprint density at radius 1 is 1.47 bits per heavy atom. The van der Waals surface area contributed by atoms with E-state index in [0.717, 1.165) is 24.9 Å². The van der Waals surface area contributed by atoms with Crippen molar-refractivity contribution < 1.29 is 9.53 Å². The molecule has 1 aromatic carbocycles. The summed E-state index contributed by atoms with van der Waals surface area (Å²) in [7, 11) is 0. The monoisotopic (exact) mass is 273 g/mol. The van der Waals surface area contributed by atoms with Gasteiger partial charge in [0, 0.05) is 15.6 Å². The Kier molecular flexibility index (Phi) is 4.26. The molecule has 0 unspecified atom stereocenters.